The molecule has 2 rings (SSSR count). The van der Waals surface area contributed by atoms with Gasteiger partial charge in [0.1, 0.15) is 5.82 Å². The number of nitrogens with one attached hydrogen (secondary N) is 1. The minimum atomic E-state index is -0.573. The van der Waals surface area contributed by atoms with Gasteiger partial charge in [0.2, 0.25) is 0 Å². The number of benzene rings is 2. The van der Waals surface area contributed by atoms with Crippen molar-refractivity contribution in [1.82, 2.24) is 0 Å². The molecule has 108 valence electrons. The van der Waals surface area contributed by atoms with Gasteiger partial charge >= 0.3 is 0 Å². The monoisotopic (exact) mass is 352 g/mol. The van der Waals surface area contributed by atoms with E-state index < -0.39 is 16.6 Å². The van der Waals surface area contributed by atoms with Crippen LogP contribution in [-0.2, 0) is 0 Å². The SMILES string of the molecule is Cc1cc(C(=O)Nc2ccc(Br)cc2F)ccc1[N+](=O)[O-]. The fraction of sp³-hybridized carbons (Fsp3) is 0.0714. The zero-order valence-electron chi connectivity index (χ0n) is 10.9. The van der Waals surface area contributed by atoms with Gasteiger partial charge < -0.3 is 5.32 Å². The molecular weight excluding hydrogens is 343 g/mol. The Balaban J connectivity index is 2.24. The molecule has 0 saturated carbocycles. The van der Waals surface area contributed by atoms with Crippen LogP contribution in [0.15, 0.2) is 40.9 Å². The molecule has 0 fully saturated rings. The van der Waals surface area contributed by atoms with Crippen molar-refractivity contribution in [2.75, 3.05) is 5.32 Å². The third-order valence-electron chi connectivity index (χ3n) is 2.84. The Hall–Kier alpha value is -2.28. The first-order chi connectivity index (χ1) is 9.88. The molecule has 21 heavy (non-hydrogen) atoms. The summed E-state index contributed by atoms with van der Waals surface area (Å²) in [4.78, 5) is 22.2. The molecule has 0 heterocycles. The van der Waals surface area contributed by atoms with Gasteiger partial charge in [-0.2, -0.15) is 0 Å². The van der Waals surface area contributed by atoms with Crippen molar-refractivity contribution >= 4 is 33.2 Å². The van der Waals surface area contributed by atoms with Gasteiger partial charge in [-0.05, 0) is 37.3 Å². The number of hydrogen-bond acceptors (Lipinski definition) is 3. The van der Waals surface area contributed by atoms with Crippen LogP contribution in [-0.4, -0.2) is 10.8 Å². The molecule has 0 atom stereocenters. The summed E-state index contributed by atoms with van der Waals surface area (Å²) in [6.07, 6.45) is 0. The zero-order valence-corrected chi connectivity index (χ0v) is 12.5. The molecule has 0 aromatic heterocycles. The van der Waals surface area contributed by atoms with E-state index >= 15 is 0 Å². The summed E-state index contributed by atoms with van der Waals surface area (Å²) in [5.41, 5.74) is 0.560. The van der Waals surface area contributed by atoms with E-state index in [9.17, 15) is 19.3 Å². The highest BCUT2D eigenvalue weighted by Crippen LogP contribution is 2.22. The Kier molecular flexibility index (Phi) is 4.32. The number of halogens is 2. The van der Waals surface area contributed by atoms with E-state index in [4.69, 9.17) is 0 Å². The van der Waals surface area contributed by atoms with Crippen molar-refractivity contribution in [2.45, 2.75) is 6.92 Å². The maximum atomic E-state index is 13.6. The number of nitro benzene ring substituents is 1. The Morgan fingerprint density at radius 2 is 2.00 bits per heavy atom. The van der Waals surface area contributed by atoms with Gasteiger partial charge in [-0.15, -0.1) is 0 Å². The number of anilines is 1. The second kappa shape index (κ2) is 6.01. The van der Waals surface area contributed by atoms with Crippen LogP contribution in [0, 0.1) is 22.9 Å². The maximum absolute atomic E-state index is 13.6. The average Bonchev–Trinajstić information content (AvgIpc) is 2.41. The Bertz CT molecular complexity index is 734. The lowest BCUT2D eigenvalue weighted by Crippen LogP contribution is -2.13. The number of amides is 1. The maximum Gasteiger partial charge on any atom is 0.272 e. The second-order valence-corrected chi connectivity index (χ2v) is 5.25. The molecule has 0 aliphatic heterocycles. The van der Waals surface area contributed by atoms with Gasteiger partial charge in [0.05, 0.1) is 10.6 Å². The van der Waals surface area contributed by atoms with E-state index in [1.165, 1.54) is 37.3 Å². The van der Waals surface area contributed by atoms with Gasteiger partial charge in [0.15, 0.2) is 0 Å². The van der Waals surface area contributed by atoms with Gasteiger partial charge in [0.25, 0.3) is 11.6 Å². The molecule has 0 spiro atoms. The Morgan fingerprint density at radius 3 is 2.57 bits per heavy atom. The number of nitrogens with zero attached hydrogens (tertiary/aromatic N) is 1. The van der Waals surface area contributed by atoms with E-state index in [0.29, 0.717) is 10.0 Å². The van der Waals surface area contributed by atoms with E-state index in [1.807, 2.05) is 0 Å². The third-order valence-corrected chi connectivity index (χ3v) is 3.33. The van der Waals surface area contributed by atoms with E-state index in [-0.39, 0.29) is 16.9 Å². The van der Waals surface area contributed by atoms with Crippen LogP contribution in [0.3, 0.4) is 0 Å². The quantitative estimate of drug-likeness (QED) is 0.668. The highest BCUT2D eigenvalue weighted by molar-refractivity contribution is 9.10. The molecule has 7 heteroatoms. The first-order valence-electron chi connectivity index (χ1n) is 5.90. The molecule has 0 aliphatic rings. The number of aryl methyl sites for hydroxylation is 1. The van der Waals surface area contributed by atoms with Gasteiger partial charge in [0, 0.05) is 21.7 Å². The summed E-state index contributed by atoms with van der Waals surface area (Å²) in [5.74, 6) is -1.11. The third kappa shape index (κ3) is 3.43. The van der Waals surface area contributed by atoms with Crippen molar-refractivity contribution in [2.24, 2.45) is 0 Å². The zero-order chi connectivity index (χ0) is 15.6. The van der Waals surface area contributed by atoms with Crippen molar-refractivity contribution < 1.29 is 14.1 Å². The molecule has 0 unspecified atom stereocenters. The molecule has 0 saturated heterocycles. The minimum absolute atomic E-state index is 0.0409. The van der Waals surface area contributed by atoms with E-state index in [0.717, 1.165) is 0 Å². The first-order valence-corrected chi connectivity index (χ1v) is 6.69. The van der Waals surface area contributed by atoms with E-state index in [1.54, 1.807) is 6.07 Å². The van der Waals surface area contributed by atoms with Crippen molar-refractivity contribution in [3.63, 3.8) is 0 Å². The predicted octanol–water partition coefficient (Wildman–Crippen LogP) is 4.06. The largest absolute Gasteiger partial charge is 0.319 e. The van der Waals surface area contributed by atoms with Crippen LogP contribution in [0.25, 0.3) is 0 Å². The summed E-state index contributed by atoms with van der Waals surface area (Å²) in [7, 11) is 0. The lowest BCUT2D eigenvalue weighted by Gasteiger charge is -2.07. The van der Waals surface area contributed by atoms with Gasteiger partial charge in [-0.3, -0.25) is 14.9 Å². The average molecular weight is 353 g/mol. The Morgan fingerprint density at radius 1 is 1.29 bits per heavy atom. The molecular formula is C14H10BrFN2O3. The summed E-state index contributed by atoms with van der Waals surface area (Å²) in [5, 5.41) is 13.1. The number of hydrogen-bond donors (Lipinski definition) is 1. The van der Waals surface area contributed by atoms with Crippen molar-refractivity contribution in [1.29, 1.82) is 0 Å². The topological polar surface area (TPSA) is 72.2 Å². The predicted molar refractivity (Wildman–Crippen MR) is 79.9 cm³/mol. The molecule has 0 aliphatic carbocycles. The minimum Gasteiger partial charge on any atom is -0.319 e. The number of rotatable bonds is 3. The van der Waals surface area contributed by atoms with Crippen LogP contribution in [0.1, 0.15) is 15.9 Å². The summed E-state index contributed by atoms with van der Waals surface area (Å²) in [6, 6.07) is 8.23. The molecule has 0 radical (unpaired) electrons. The fourth-order valence-electron chi connectivity index (χ4n) is 1.79. The molecule has 5 nitrogen and oxygen atoms in total. The first kappa shape index (κ1) is 15.1. The fourth-order valence-corrected chi connectivity index (χ4v) is 2.12. The normalized spacial score (nSPS) is 10.2. The van der Waals surface area contributed by atoms with Crippen LogP contribution in [0.5, 0.6) is 0 Å². The lowest BCUT2D eigenvalue weighted by molar-refractivity contribution is -0.385. The van der Waals surface area contributed by atoms with Crippen molar-refractivity contribution in [3.8, 4) is 0 Å². The lowest BCUT2D eigenvalue weighted by atomic mass is 10.1. The molecule has 1 N–H and O–H groups in total. The van der Waals surface area contributed by atoms with Crippen LogP contribution < -0.4 is 5.32 Å². The highest BCUT2D eigenvalue weighted by atomic mass is 79.9. The number of nitro groups is 1. The van der Waals surface area contributed by atoms with Gasteiger partial charge in [-0.25, -0.2) is 4.39 Å². The molecule has 1 amide bonds. The second-order valence-electron chi connectivity index (χ2n) is 4.34. The Labute approximate surface area is 128 Å². The number of carbonyl (C=O) groups is 1. The van der Waals surface area contributed by atoms with Gasteiger partial charge in [-0.1, -0.05) is 15.9 Å². The van der Waals surface area contributed by atoms with Crippen molar-refractivity contribution in [3.05, 3.63) is 67.9 Å². The summed E-state index contributed by atoms with van der Waals surface area (Å²) < 4.78 is 14.2. The molecule has 2 aromatic carbocycles. The molecule has 2 aromatic rings. The van der Waals surface area contributed by atoms with Crippen LogP contribution in [0.2, 0.25) is 0 Å². The highest BCUT2D eigenvalue weighted by Gasteiger charge is 2.15. The van der Waals surface area contributed by atoms with Crippen LogP contribution in [0.4, 0.5) is 15.8 Å². The summed E-state index contributed by atoms with van der Waals surface area (Å²) in [6.45, 7) is 1.54. The standard InChI is InChI=1S/C14H10BrFN2O3/c1-8-6-9(2-5-13(8)18(20)21)14(19)17-12-4-3-10(15)7-11(12)16/h2-7H,1H3,(H,17,19). The van der Waals surface area contributed by atoms with Crippen LogP contribution >= 0.6 is 15.9 Å². The molecule has 0 bridgehead atoms. The smallest absolute Gasteiger partial charge is 0.272 e. The number of carbonyl (C=O) groups excluding carboxylic acids is 1. The summed E-state index contributed by atoms with van der Waals surface area (Å²) >= 11 is 3.12. The van der Waals surface area contributed by atoms with E-state index in [2.05, 4.69) is 21.2 Å².